The Hall–Kier alpha value is -2.11. The first-order valence-corrected chi connectivity index (χ1v) is 7.34. The SMILES string of the molecule is CC(C)[C@H]1COC(c2cc([N+](=O)[O-])cc(C(C)(C)C)c2O)=N1. The molecule has 1 aromatic rings. The molecule has 0 saturated heterocycles. The van der Waals surface area contributed by atoms with Gasteiger partial charge in [0.2, 0.25) is 5.90 Å². The standard InChI is InChI=1S/C16H22N2O4/c1-9(2)13-8-22-15(17-13)11-6-10(18(20)21)7-12(14(11)19)16(3,4)5/h6-7,9,13,19H,8H2,1-5H3/t13-/m1/s1. The molecule has 0 aliphatic carbocycles. The van der Waals surface area contributed by atoms with E-state index < -0.39 is 10.3 Å². The zero-order valence-electron chi connectivity index (χ0n) is 13.6. The van der Waals surface area contributed by atoms with Crippen molar-refractivity contribution in [2.24, 2.45) is 10.9 Å². The monoisotopic (exact) mass is 306 g/mol. The summed E-state index contributed by atoms with van der Waals surface area (Å²) < 4.78 is 5.56. The number of hydrogen-bond donors (Lipinski definition) is 1. The molecule has 0 fully saturated rings. The molecular formula is C16H22N2O4. The molecule has 1 heterocycles. The molecule has 0 aromatic heterocycles. The topological polar surface area (TPSA) is 85.0 Å². The van der Waals surface area contributed by atoms with Crippen LogP contribution in [0.3, 0.4) is 0 Å². The van der Waals surface area contributed by atoms with Crippen LogP contribution in [0.5, 0.6) is 5.75 Å². The summed E-state index contributed by atoms with van der Waals surface area (Å²) in [5.74, 6) is 0.590. The van der Waals surface area contributed by atoms with Gasteiger partial charge >= 0.3 is 0 Å². The van der Waals surface area contributed by atoms with Crippen molar-refractivity contribution in [3.8, 4) is 5.75 Å². The lowest BCUT2D eigenvalue weighted by Crippen LogP contribution is -2.14. The molecule has 0 unspecified atom stereocenters. The predicted molar refractivity (Wildman–Crippen MR) is 84.6 cm³/mol. The summed E-state index contributed by atoms with van der Waals surface area (Å²) in [5, 5.41) is 21.7. The molecule has 1 atom stereocenters. The maximum Gasteiger partial charge on any atom is 0.270 e. The summed E-state index contributed by atoms with van der Waals surface area (Å²) in [4.78, 5) is 15.2. The van der Waals surface area contributed by atoms with Crippen LogP contribution >= 0.6 is 0 Å². The van der Waals surface area contributed by atoms with Crippen molar-refractivity contribution in [1.82, 2.24) is 0 Å². The number of phenolic OH excluding ortho intramolecular Hbond substituents is 1. The van der Waals surface area contributed by atoms with Crippen molar-refractivity contribution in [3.63, 3.8) is 0 Å². The van der Waals surface area contributed by atoms with Crippen molar-refractivity contribution < 1.29 is 14.8 Å². The molecule has 0 amide bonds. The Morgan fingerprint density at radius 3 is 2.50 bits per heavy atom. The van der Waals surface area contributed by atoms with Gasteiger partial charge in [0.15, 0.2) is 0 Å². The van der Waals surface area contributed by atoms with E-state index in [0.717, 1.165) is 0 Å². The molecule has 1 aromatic carbocycles. The minimum absolute atomic E-state index is 0.00116. The van der Waals surface area contributed by atoms with E-state index >= 15 is 0 Å². The van der Waals surface area contributed by atoms with Crippen LogP contribution in [0.2, 0.25) is 0 Å². The van der Waals surface area contributed by atoms with E-state index in [4.69, 9.17) is 4.74 Å². The molecule has 0 radical (unpaired) electrons. The smallest absolute Gasteiger partial charge is 0.270 e. The van der Waals surface area contributed by atoms with Crippen LogP contribution < -0.4 is 0 Å². The first kappa shape index (κ1) is 16.3. The summed E-state index contributed by atoms with van der Waals surface area (Å²) in [7, 11) is 0. The maximum absolute atomic E-state index is 11.2. The van der Waals surface area contributed by atoms with E-state index in [2.05, 4.69) is 4.99 Å². The van der Waals surface area contributed by atoms with Crippen molar-refractivity contribution in [2.45, 2.75) is 46.1 Å². The Morgan fingerprint density at radius 1 is 1.41 bits per heavy atom. The van der Waals surface area contributed by atoms with Crippen LogP contribution in [0.1, 0.15) is 45.7 Å². The fourth-order valence-corrected chi connectivity index (χ4v) is 2.34. The van der Waals surface area contributed by atoms with Crippen LogP contribution in [0.15, 0.2) is 17.1 Å². The van der Waals surface area contributed by atoms with E-state index in [1.807, 2.05) is 34.6 Å². The second-order valence-electron chi connectivity index (χ2n) is 6.95. The average Bonchev–Trinajstić information content (AvgIpc) is 2.86. The summed E-state index contributed by atoms with van der Waals surface area (Å²) in [6.45, 7) is 10.2. The first-order chi connectivity index (χ1) is 10.1. The number of phenols is 1. The van der Waals surface area contributed by atoms with Crippen LogP contribution in [-0.2, 0) is 10.2 Å². The third-order valence-electron chi connectivity index (χ3n) is 3.79. The highest BCUT2D eigenvalue weighted by Crippen LogP contribution is 2.37. The highest BCUT2D eigenvalue weighted by Gasteiger charge is 2.30. The van der Waals surface area contributed by atoms with Gasteiger partial charge in [-0.15, -0.1) is 0 Å². The number of nitrogens with zero attached hydrogens (tertiary/aromatic N) is 2. The number of non-ortho nitro benzene ring substituents is 1. The van der Waals surface area contributed by atoms with Crippen molar-refractivity contribution >= 4 is 11.6 Å². The number of rotatable bonds is 3. The van der Waals surface area contributed by atoms with Gasteiger partial charge in [-0.2, -0.15) is 0 Å². The number of hydrogen-bond acceptors (Lipinski definition) is 5. The van der Waals surface area contributed by atoms with Gasteiger partial charge in [0, 0.05) is 17.7 Å². The fourth-order valence-electron chi connectivity index (χ4n) is 2.34. The van der Waals surface area contributed by atoms with Crippen LogP contribution in [0.25, 0.3) is 0 Å². The lowest BCUT2D eigenvalue weighted by molar-refractivity contribution is -0.385. The highest BCUT2D eigenvalue weighted by molar-refractivity contribution is 5.99. The maximum atomic E-state index is 11.2. The Morgan fingerprint density at radius 2 is 2.05 bits per heavy atom. The Bertz CT molecular complexity index is 630. The molecule has 6 nitrogen and oxygen atoms in total. The highest BCUT2D eigenvalue weighted by atomic mass is 16.6. The third-order valence-corrected chi connectivity index (χ3v) is 3.79. The van der Waals surface area contributed by atoms with Gasteiger partial charge in [-0.25, -0.2) is 4.99 Å². The van der Waals surface area contributed by atoms with Crippen LogP contribution in [0.4, 0.5) is 5.69 Å². The number of aromatic hydroxyl groups is 1. The number of benzene rings is 1. The fraction of sp³-hybridized carbons (Fsp3) is 0.562. The van der Waals surface area contributed by atoms with Gasteiger partial charge in [0.25, 0.3) is 5.69 Å². The molecule has 0 spiro atoms. The van der Waals surface area contributed by atoms with E-state index in [1.54, 1.807) is 0 Å². The molecule has 22 heavy (non-hydrogen) atoms. The van der Waals surface area contributed by atoms with Crippen molar-refractivity contribution in [1.29, 1.82) is 0 Å². The van der Waals surface area contributed by atoms with E-state index in [9.17, 15) is 15.2 Å². The Labute approximate surface area is 130 Å². The molecule has 0 bridgehead atoms. The molecular weight excluding hydrogens is 284 g/mol. The minimum atomic E-state index is -0.465. The lowest BCUT2D eigenvalue weighted by Gasteiger charge is -2.21. The number of ether oxygens (including phenoxy) is 1. The van der Waals surface area contributed by atoms with Crippen molar-refractivity contribution in [2.75, 3.05) is 6.61 Å². The molecule has 6 heteroatoms. The summed E-state index contributed by atoms with van der Waals surface area (Å²) in [6, 6.07) is 2.74. The van der Waals surface area contributed by atoms with Gasteiger partial charge in [-0.3, -0.25) is 10.1 Å². The molecule has 2 rings (SSSR count). The zero-order valence-corrected chi connectivity index (χ0v) is 13.6. The largest absolute Gasteiger partial charge is 0.507 e. The average molecular weight is 306 g/mol. The Kier molecular flexibility index (Phi) is 4.13. The summed E-state index contributed by atoms with van der Waals surface area (Å²) >= 11 is 0. The molecule has 120 valence electrons. The third kappa shape index (κ3) is 3.05. The first-order valence-electron chi connectivity index (χ1n) is 7.34. The second-order valence-corrected chi connectivity index (χ2v) is 6.95. The van der Waals surface area contributed by atoms with Gasteiger partial charge in [-0.1, -0.05) is 34.6 Å². The Balaban J connectivity index is 2.59. The van der Waals surface area contributed by atoms with Crippen molar-refractivity contribution in [3.05, 3.63) is 33.4 Å². The number of nitro benzene ring substituents is 1. The second kappa shape index (κ2) is 5.59. The predicted octanol–water partition coefficient (Wildman–Crippen LogP) is 3.40. The summed E-state index contributed by atoms with van der Waals surface area (Å²) in [6.07, 6.45) is 0. The number of nitro groups is 1. The molecule has 1 aliphatic heterocycles. The normalized spacial score (nSPS) is 18.3. The molecule has 1 aliphatic rings. The minimum Gasteiger partial charge on any atom is -0.507 e. The van der Waals surface area contributed by atoms with E-state index in [0.29, 0.717) is 23.7 Å². The van der Waals surface area contributed by atoms with E-state index in [-0.39, 0.29) is 23.4 Å². The molecule has 0 saturated carbocycles. The zero-order chi connectivity index (χ0) is 16.7. The quantitative estimate of drug-likeness (QED) is 0.685. The van der Waals surface area contributed by atoms with Gasteiger partial charge in [0.05, 0.1) is 16.5 Å². The van der Waals surface area contributed by atoms with E-state index in [1.165, 1.54) is 12.1 Å². The number of aliphatic imine (C=N–C) groups is 1. The molecule has 1 N–H and O–H groups in total. The van der Waals surface area contributed by atoms with Crippen LogP contribution in [0, 0.1) is 16.0 Å². The van der Waals surface area contributed by atoms with Gasteiger partial charge in [-0.05, 0) is 11.3 Å². The van der Waals surface area contributed by atoms with Gasteiger partial charge in [0.1, 0.15) is 12.4 Å². The lowest BCUT2D eigenvalue weighted by atomic mass is 9.84. The van der Waals surface area contributed by atoms with Gasteiger partial charge < -0.3 is 9.84 Å². The summed E-state index contributed by atoms with van der Waals surface area (Å²) in [5.41, 5.74) is 0.303. The van der Waals surface area contributed by atoms with Crippen LogP contribution in [-0.4, -0.2) is 28.6 Å².